The van der Waals surface area contributed by atoms with Gasteiger partial charge in [0.1, 0.15) is 18.2 Å². The summed E-state index contributed by atoms with van der Waals surface area (Å²) < 4.78 is 18.4. The van der Waals surface area contributed by atoms with Crippen LogP contribution in [0.1, 0.15) is 32.6 Å². The van der Waals surface area contributed by atoms with Gasteiger partial charge in [0.25, 0.3) is 0 Å². The van der Waals surface area contributed by atoms with Gasteiger partial charge in [-0.05, 0) is 49.8 Å². The Hall–Kier alpha value is -0.800. The lowest BCUT2D eigenvalue weighted by Gasteiger charge is -2.27. The first-order valence-corrected chi connectivity index (χ1v) is 7.34. The van der Waals surface area contributed by atoms with Gasteiger partial charge in [0, 0.05) is 12.6 Å². The molecule has 1 N–H and O–H groups in total. The lowest BCUT2D eigenvalue weighted by molar-refractivity contribution is 0.270. The summed E-state index contributed by atoms with van der Waals surface area (Å²) in [6.45, 7) is 3.67. The Bertz CT molecular complexity index is 405. The molecular weight excluding hydrogens is 265 g/mol. The van der Waals surface area contributed by atoms with Crippen molar-refractivity contribution >= 4 is 11.6 Å². The number of ether oxygens (including phenoxy) is 1. The molecule has 0 bridgehead atoms. The number of nitrogens with one attached hydrogen (secondary N) is 1. The highest BCUT2D eigenvalue weighted by molar-refractivity contribution is 6.32. The molecule has 0 aromatic heterocycles. The van der Waals surface area contributed by atoms with Gasteiger partial charge in [0.05, 0.1) is 5.02 Å². The zero-order chi connectivity index (χ0) is 13.7. The Morgan fingerprint density at radius 1 is 1.32 bits per heavy atom. The molecule has 0 saturated heterocycles. The second kappa shape index (κ2) is 7.11. The fourth-order valence-corrected chi connectivity index (χ4v) is 2.70. The summed E-state index contributed by atoms with van der Waals surface area (Å²) in [5, 5.41) is 3.83. The van der Waals surface area contributed by atoms with Crippen molar-refractivity contribution in [3.8, 4) is 5.75 Å². The largest absolute Gasteiger partial charge is 0.491 e. The van der Waals surface area contributed by atoms with Gasteiger partial charge in [-0.2, -0.15) is 0 Å². The molecule has 0 amide bonds. The highest BCUT2D eigenvalue weighted by Gasteiger charge is 2.17. The van der Waals surface area contributed by atoms with E-state index in [0.717, 1.165) is 12.5 Å². The Kier molecular flexibility index (Phi) is 5.46. The molecule has 1 aromatic rings. The minimum Gasteiger partial charge on any atom is -0.491 e. The van der Waals surface area contributed by atoms with Crippen molar-refractivity contribution in [3.05, 3.63) is 29.0 Å². The molecule has 1 fully saturated rings. The monoisotopic (exact) mass is 285 g/mol. The van der Waals surface area contributed by atoms with Crippen molar-refractivity contribution in [2.75, 3.05) is 13.2 Å². The molecule has 4 heteroatoms. The molecule has 1 aliphatic rings. The van der Waals surface area contributed by atoms with E-state index in [2.05, 4.69) is 12.2 Å². The van der Waals surface area contributed by atoms with Crippen molar-refractivity contribution in [2.24, 2.45) is 5.92 Å². The maximum absolute atomic E-state index is 12.9. The lowest BCUT2D eigenvalue weighted by Crippen LogP contribution is -2.35. The van der Waals surface area contributed by atoms with Gasteiger partial charge in [0.2, 0.25) is 0 Å². The van der Waals surface area contributed by atoms with Gasteiger partial charge in [-0.3, -0.25) is 0 Å². The third-order valence-corrected chi connectivity index (χ3v) is 4.00. The van der Waals surface area contributed by atoms with Crippen molar-refractivity contribution in [2.45, 2.75) is 38.6 Å². The summed E-state index contributed by atoms with van der Waals surface area (Å²) in [6.07, 6.45) is 5.11. The van der Waals surface area contributed by atoms with Gasteiger partial charge < -0.3 is 10.1 Å². The number of benzene rings is 1. The van der Waals surface area contributed by atoms with Gasteiger partial charge >= 0.3 is 0 Å². The summed E-state index contributed by atoms with van der Waals surface area (Å²) >= 11 is 5.89. The molecule has 0 aliphatic heterocycles. The van der Waals surface area contributed by atoms with E-state index in [0.29, 0.717) is 23.4 Å². The molecule has 0 spiro atoms. The molecule has 0 radical (unpaired) electrons. The summed E-state index contributed by atoms with van der Waals surface area (Å²) in [4.78, 5) is 0. The van der Waals surface area contributed by atoms with Crippen molar-refractivity contribution in [1.82, 2.24) is 5.32 Å². The van der Waals surface area contributed by atoms with E-state index < -0.39 is 0 Å². The normalized spacial score (nSPS) is 23.3. The number of hydrogen-bond donors (Lipinski definition) is 1. The molecule has 1 saturated carbocycles. The number of rotatable bonds is 5. The molecule has 106 valence electrons. The van der Waals surface area contributed by atoms with E-state index in [-0.39, 0.29) is 5.82 Å². The number of halogens is 2. The van der Waals surface area contributed by atoms with Crippen molar-refractivity contribution < 1.29 is 9.13 Å². The fraction of sp³-hybridized carbons (Fsp3) is 0.600. The molecule has 1 aromatic carbocycles. The maximum Gasteiger partial charge on any atom is 0.138 e. The van der Waals surface area contributed by atoms with Crippen molar-refractivity contribution in [3.63, 3.8) is 0 Å². The maximum atomic E-state index is 12.9. The van der Waals surface area contributed by atoms with Gasteiger partial charge in [-0.15, -0.1) is 0 Å². The molecular formula is C15H21ClFNO. The van der Waals surface area contributed by atoms with Crippen LogP contribution in [0.25, 0.3) is 0 Å². The van der Waals surface area contributed by atoms with E-state index >= 15 is 0 Å². The molecule has 2 rings (SSSR count). The van der Waals surface area contributed by atoms with Crippen LogP contribution in [0.5, 0.6) is 5.75 Å². The van der Waals surface area contributed by atoms with E-state index in [1.807, 2.05) is 0 Å². The predicted molar refractivity (Wildman–Crippen MR) is 76.3 cm³/mol. The van der Waals surface area contributed by atoms with Crippen LogP contribution < -0.4 is 10.1 Å². The van der Waals surface area contributed by atoms with E-state index in [4.69, 9.17) is 16.3 Å². The average Bonchev–Trinajstić information content (AvgIpc) is 2.39. The fourth-order valence-electron chi connectivity index (χ4n) is 2.48. The molecule has 19 heavy (non-hydrogen) atoms. The molecule has 0 unspecified atom stereocenters. The molecule has 0 atom stereocenters. The van der Waals surface area contributed by atoms with Crippen LogP contribution in [0.15, 0.2) is 18.2 Å². The highest BCUT2D eigenvalue weighted by atomic mass is 35.5. The number of hydrogen-bond acceptors (Lipinski definition) is 2. The molecule has 1 aliphatic carbocycles. The predicted octanol–water partition coefficient (Wildman–Crippen LogP) is 4.03. The third-order valence-electron chi connectivity index (χ3n) is 3.70. The Morgan fingerprint density at radius 3 is 2.74 bits per heavy atom. The van der Waals surface area contributed by atoms with E-state index in [1.165, 1.54) is 37.8 Å². The third kappa shape index (κ3) is 4.66. The SMILES string of the molecule is CC1CCC(NCCOc2ccc(F)cc2Cl)CC1. The smallest absolute Gasteiger partial charge is 0.138 e. The summed E-state index contributed by atoms with van der Waals surface area (Å²) in [6, 6.07) is 4.81. The van der Waals surface area contributed by atoms with Gasteiger partial charge in [-0.25, -0.2) is 4.39 Å². The van der Waals surface area contributed by atoms with Gasteiger partial charge in [-0.1, -0.05) is 18.5 Å². The van der Waals surface area contributed by atoms with Crippen LogP contribution in [0.3, 0.4) is 0 Å². The second-order valence-electron chi connectivity index (χ2n) is 5.33. The quantitative estimate of drug-likeness (QED) is 0.825. The zero-order valence-electron chi connectivity index (χ0n) is 11.3. The van der Waals surface area contributed by atoms with E-state index in [9.17, 15) is 4.39 Å². The van der Waals surface area contributed by atoms with Crippen LogP contribution in [0.4, 0.5) is 4.39 Å². The standard InChI is InChI=1S/C15H21ClFNO/c1-11-2-5-13(6-3-11)18-8-9-19-15-7-4-12(17)10-14(15)16/h4,7,10-11,13,18H,2-3,5-6,8-9H2,1H3. The minimum absolute atomic E-state index is 0.325. The van der Waals surface area contributed by atoms with E-state index in [1.54, 1.807) is 6.07 Å². The Labute approximate surface area is 119 Å². The average molecular weight is 286 g/mol. The Morgan fingerprint density at radius 2 is 2.05 bits per heavy atom. The lowest BCUT2D eigenvalue weighted by atomic mass is 9.87. The molecule has 2 nitrogen and oxygen atoms in total. The highest BCUT2D eigenvalue weighted by Crippen LogP contribution is 2.25. The first-order chi connectivity index (χ1) is 9.15. The summed E-state index contributed by atoms with van der Waals surface area (Å²) in [5.41, 5.74) is 0. The first kappa shape index (κ1) is 14.6. The minimum atomic E-state index is -0.341. The van der Waals surface area contributed by atoms with Crippen LogP contribution in [0.2, 0.25) is 5.02 Å². The second-order valence-corrected chi connectivity index (χ2v) is 5.74. The van der Waals surface area contributed by atoms with Crippen LogP contribution in [-0.2, 0) is 0 Å². The zero-order valence-corrected chi connectivity index (χ0v) is 12.0. The van der Waals surface area contributed by atoms with Crippen LogP contribution >= 0.6 is 11.6 Å². The Balaban J connectivity index is 1.66. The topological polar surface area (TPSA) is 21.3 Å². The molecule has 0 heterocycles. The summed E-state index contributed by atoms with van der Waals surface area (Å²) in [7, 11) is 0. The van der Waals surface area contributed by atoms with Gasteiger partial charge in [0.15, 0.2) is 0 Å². The summed E-state index contributed by atoms with van der Waals surface area (Å²) in [5.74, 6) is 1.07. The van der Waals surface area contributed by atoms with Crippen molar-refractivity contribution in [1.29, 1.82) is 0 Å². The van der Waals surface area contributed by atoms with Crippen LogP contribution in [-0.4, -0.2) is 19.2 Å². The first-order valence-electron chi connectivity index (χ1n) is 6.96. The van der Waals surface area contributed by atoms with Crippen LogP contribution in [0, 0.1) is 11.7 Å².